The molecular formula is C17H22ClNO3. The summed E-state index contributed by atoms with van der Waals surface area (Å²) in [5.74, 6) is -0.000445. The smallest absolute Gasteiger partial charge is 0.410 e. The van der Waals surface area contributed by atoms with E-state index in [1.165, 1.54) is 0 Å². The molecule has 120 valence electrons. The van der Waals surface area contributed by atoms with Crippen LogP contribution < -0.4 is 0 Å². The number of halogens is 1. The summed E-state index contributed by atoms with van der Waals surface area (Å²) in [5, 5.41) is 0.657. The SMILES string of the molecule is CC(C)(C)OC(=O)N1CCC(=O)C(Cc2cccc(Cl)c2)C1. The van der Waals surface area contributed by atoms with Crippen LogP contribution in [-0.2, 0) is 16.0 Å². The molecule has 1 aliphatic rings. The van der Waals surface area contributed by atoms with Crippen molar-refractivity contribution in [3.8, 4) is 0 Å². The normalized spacial score (nSPS) is 19.2. The fourth-order valence-corrected chi connectivity index (χ4v) is 2.74. The number of hydrogen-bond donors (Lipinski definition) is 0. The van der Waals surface area contributed by atoms with Gasteiger partial charge in [0.15, 0.2) is 0 Å². The highest BCUT2D eigenvalue weighted by molar-refractivity contribution is 6.30. The van der Waals surface area contributed by atoms with Crippen LogP contribution in [0.1, 0.15) is 32.8 Å². The number of carbonyl (C=O) groups is 2. The van der Waals surface area contributed by atoms with E-state index in [0.29, 0.717) is 31.0 Å². The summed E-state index contributed by atoms with van der Waals surface area (Å²) in [6.07, 6.45) is 0.625. The Morgan fingerprint density at radius 1 is 1.41 bits per heavy atom. The lowest BCUT2D eigenvalue weighted by Gasteiger charge is -2.33. The van der Waals surface area contributed by atoms with E-state index in [2.05, 4.69) is 0 Å². The molecule has 5 heteroatoms. The number of Topliss-reactive ketones (excluding diaryl/α,β-unsaturated/α-hetero) is 1. The van der Waals surface area contributed by atoms with Gasteiger partial charge in [0.05, 0.1) is 0 Å². The number of ether oxygens (including phenoxy) is 1. The van der Waals surface area contributed by atoms with E-state index in [1.54, 1.807) is 11.0 Å². The van der Waals surface area contributed by atoms with Gasteiger partial charge in [-0.25, -0.2) is 4.79 Å². The summed E-state index contributed by atoms with van der Waals surface area (Å²) in [4.78, 5) is 25.9. The van der Waals surface area contributed by atoms with E-state index in [0.717, 1.165) is 5.56 Å². The highest BCUT2D eigenvalue weighted by Crippen LogP contribution is 2.21. The summed E-state index contributed by atoms with van der Waals surface area (Å²) in [5.41, 5.74) is 0.484. The Labute approximate surface area is 136 Å². The molecule has 22 heavy (non-hydrogen) atoms. The molecule has 1 aromatic rings. The molecule has 1 aliphatic heterocycles. The van der Waals surface area contributed by atoms with Crippen LogP contribution >= 0.6 is 11.6 Å². The Kier molecular flexibility index (Phi) is 5.12. The van der Waals surface area contributed by atoms with Crippen LogP contribution in [0.3, 0.4) is 0 Å². The van der Waals surface area contributed by atoms with Gasteiger partial charge in [-0.2, -0.15) is 0 Å². The predicted molar refractivity (Wildman–Crippen MR) is 86.1 cm³/mol. The third kappa shape index (κ3) is 4.73. The molecule has 1 unspecified atom stereocenters. The van der Waals surface area contributed by atoms with E-state index >= 15 is 0 Å². The lowest BCUT2D eigenvalue weighted by Crippen LogP contribution is -2.46. The maximum Gasteiger partial charge on any atom is 0.410 e. The van der Waals surface area contributed by atoms with Crippen molar-refractivity contribution in [2.75, 3.05) is 13.1 Å². The number of benzene rings is 1. The summed E-state index contributed by atoms with van der Waals surface area (Å²) in [6.45, 7) is 6.34. The zero-order chi connectivity index (χ0) is 16.3. The first-order chi connectivity index (χ1) is 10.2. The molecule has 1 amide bonds. The molecule has 1 saturated heterocycles. The van der Waals surface area contributed by atoms with E-state index < -0.39 is 5.60 Å². The van der Waals surface area contributed by atoms with Crippen LogP contribution in [0.25, 0.3) is 0 Å². The van der Waals surface area contributed by atoms with Gasteiger partial charge in [-0.3, -0.25) is 4.79 Å². The Balaban J connectivity index is 2.02. The number of ketones is 1. The van der Waals surface area contributed by atoms with Gasteiger partial charge in [0.1, 0.15) is 11.4 Å². The summed E-state index contributed by atoms with van der Waals surface area (Å²) < 4.78 is 5.38. The maximum absolute atomic E-state index is 12.1. The van der Waals surface area contributed by atoms with Gasteiger partial charge in [-0.05, 0) is 44.9 Å². The fraction of sp³-hybridized carbons (Fsp3) is 0.529. The number of rotatable bonds is 2. The van der Waals surface area contributed by atoms with Crippen molar-refractivity contribution in [1.82, 2.24) is 4.90 Å². The molecule has 0 aromatic heterocycles. The quantitative estimate of drug-likeness (QED) is 0.833. The number of carbonyl (C=O) groups excluding carboxylic acids is 2. The first-order valence-corrected chi connectivity index (χ1v) is 7.87. The molecule has 0 N–H and O–H groups in total. The molecule has 1 heterocycles. The van der Waals surface area contributed by atoms with Gasteiger partial charge in [0.2, 0.25) is 0 Å². The summed E-state index contributed by atoms with van der Waals surface area (Å²) in [6, 6.07) is 7.49. The van der Waals surface area contributed by atoms with Crippen LogP contribution in [0, 0.1) is 5.92 Å². The molecule has 1 fully saturated rings. The molecule has 4 nitrogen and oxygen atoms in total. The van der Waals surface area contributed by atoms with E-state index in [-0.39, 0.29) is 17.8 Å². The molecule has 1 aromatic carbocycles. The molecule has 0 aliphatic carbocycles. The van der Waals surface area contributed by atoms with E-state index in [1.807, 2.05) is 39.0 Å². The third-order valence-electron chi connectivity index (χ3n) is 3.55. The van der Waals surface area contributed by atoms with Crippen molar-refractivity contribution < 1.29 is 14.3 Å². The fourth-order valence-electron chi connectivity index (χ4n) is 2.53. The van der Waals surface area contributed by atoms with Gasteiger partial charge in [0.25, 0.3) is 0 Å². The van der Waals surface area contributed by atoms with Crippen molar-refractivity contribution in [2.45, 2.75) is 39.2 Å². The first-order valence-electron chi connectivity index (χ1n) is 7.50. The molecule has 0 spiro atoms. The zero-order valence-corrected chi connectivity index (χ0v) is 14.0. The van der Waals surface area contributed by atoms with Gasteiger partial charge in [0, 0.05) is 30.5 Å². The first kappa shape index (κ1) is 16.8. The number of hydrogen-bond acceptors (Lipinski definition) is 3. The van der Waals surface area contributed by atoms with Gasteiger partial charge in [-0.1, -0.05) is 23.7 Å². The largest absolute Gasteiger partial charge is 0.444 e. The predicted octanol–water partition coefficient (Wildman–Crippen LogP) is 3.71. The Morgan fingerprint density at radius 3 is 2.77 bits per heavy atom. The second-order valence-corrected chi connectivity index (χ2v) is 7.11. The van der Waals surface area contributed by atoms with Crippen molar-refractivity contribution in [3.05, 3.63) is 34.9 Å². The number of piperidine rings is 1. The molecule has 0 saturated carbocycles. The van der Waals surface area contributed by atoms with Crippen LogP contribution in [0.2, 0.25) is 5.02 Å². The minimum atomic E-state index is -0.527. The monoisotopic (exact) mass is 323 g/mol. The maximum atomic E-state index is 12.1. The van der Waals surface area contributed by atoms with Crippen LogP contribution in [-0.4, -0.2) is 35.5 Å². The Bertz CT molecular complexity index is 565. The van der Waals surface area contributed by atoms with Gasteiger partial charge in [-0.15, -0.1) is 0 Å². The van der Waals surface area contributed by atoms with Crippen LogP contribution in [0.4, 0.5) is 4.79 Å². The molecule has 2 rings (SSSR count). The van der Waals surface area contributed by atoms with Crippen molar-refractivity contribution >= 4 is 23.5 Å². The van der Waals surface area contributed by atoms with E-state index in [9.17, 15) is 9.59 Å². The average Bonchev–Trinajstić information content (AvgIpc) is 2.39. The zero-order valence-electron chi connectivity index (χ0n) is 13.3. The van der Waals surface area contributed by atoms with Crippen LogP contribution in [0.5, 0.6) is 0 Å². The number of nitrogens with zero attached hydrogens (tertiary/aromatic N) is 1. The average molecular weight is 324 g/mol. The number of amides is 1. The molecule has 0 radical (unpaired) electrons. The highest BCUT2D eigenvalue weighted by atomic mass is 35.5. The Hall–Kier alpha value is -1.55. The topological polar surface area (TPSA) is 46.6 Å². The van der Waals surface area contributed by atoms with Crippen molar-refractivity contribution in [1.29, 1.82) is 0 Å². The second-order valence-electron chi connectivity index (χ2n) is 6.67. The summed E-state index contributed by atoms with van der Waals surface area (Å²) >= 11 is 5.98. The Morgan fingerprint density at radius 2 is 2.14 bits per heavy atom. The van der Waals surface area contributed by atoms with E-state index in [4.69, 9.17) is 16.3 Å². The van der Waals surface area contributed by atoms with Crippen LogP contribution in [0.15, 0.2) is 24.3 Å². The third-order valence-corrected chi connectivity index (χ3v) is 3.78. The standard InChI is InChI=1S/C17H22ClNO3/c1-17(2,3)22-16(21)19-8-7-15(20)13(11-19)9-12-5-4-6-14(18)10-12/h4-6,10,13H,7-9,11H2,1-3H3. The number of likely N-dealkylation sites (tertiary alicyclic amines) is 1. The highest BCUT2D eigenvalue weighted by Gasteiger charge is 2.32. The second kappa shape index (κ2) is 6.69. The lowest BCUT2D eigenvalue weighted by atomic mass is 9.90. The van der Waals surface area contributed by atoms with Gasteiger partial charge < -0.3 is 9.64 Å². The molecule has 1 atom stereocenters. The summed E-state index contributed by atoms with van der Waals surface area (Å²) in [7, 11) is 0. The van der Waals surface area contributed by atoms with Crippen molar-refractivity contribution in [2.24, 2.45) is 5.92 Å². The lowest BCUT2D eigenvalue weighted by molar-refractivity contribution is -0.125. The van der Waals surface area contributed by atoms with Crippen molar-refractivity contribution in [3.63, 3.8) is 0 Å². The van der Waals surface area contributed by atoms with Gasteiger partial charge >= 0.3 is 6.09 Å². The minimum Gasteiger partial charge on any atom is -0.444 e. The molecular weight excluding hydrogens is 302 g/mol. The minimum absolute atomic E-state index is 0.194. The molecule has 0 bridgehead atoms.